The zero-order valence-corrected chi connectivity index (χ0v) is 19.8. The molecular weight excluding hydrogens is 451 g/mol. The number of carbonyl (C=O) groups excluding carboxylic acids is 1. The zero-order chi connectivity index (χ0) is 24.2. The van der Waals surface area contributed by atoms with E-state index in [0.29, 0.717) is 42.4 Å². The first kappa shape index (κ1) is 23.9. The molecular formula is C26H31FN4O4. The summed E-state index contributed by atoms with van der Waals surface area (Å²) in [4.78, 5) is 22.3. The van der Waals surface area contributed by atoms with Crippen molar-refractivity contribution in [1.82, 2.24) is 14.8 Å². The van der Waals surface area contributed by atoms with Crippen molar-refractivity contribution in [2.45, 2.75) is 19.4 Å². The van der Waals surface area contributed by atoms with Gasteiger partial charge in [0.15, 0.2) is 0 Å². The van der Waals surface area contributed by atoms with Crippen LogP contribution in [0.15, 0.2) is 30.3 Å². The van der Waals surface area contributed by atoms with Crippen LogP contribution in [0.3, 0.4) is 0 Å². The summed E-state index contributed by atoms with van der Waals surface area (Å²) < 4.78 is 25.1. The number of aromatic nitrogens is 1. The molecule has 0 aliphatic carbocycles. The van der Waals surface area contributed by atoms with E-state index in [9.17, 15) is 9.18 Å². The van der Waals surface area contributed by atoms with Crippen LogP contribution in [-0.4, -0.2) is 84.9 Å². The molecule has 1 fully saturated rings. The highest BCUT2D eigenvalue weighted by atomic mass is 19.1. The number of rotatable bonds is 9. The lowest BCUT2D eigenvalue weighted by Gasteiger charge is -2.34. The monoisotopic (exact) mass is 482 g/mol. The number of halogens is 1. The molecule has 1 aromatic carbocycles. The van der Waals surface area contributed by atoms with Gasteiger partial charge in [0, 0.05) is 55.2 Å². The minimum Gasteiger partial charge on any atom is -0.486 e. The largest absolute Gasteiger partial charge is 0.486 e. The number of aliphatic hydroxyl groups is 1. The van der Waals surface area contributed by atoms with Crippen molar-refractivity contribution in [2.24, 2.45) is 0 Å². The summed E-state index contributed by atoms with van der Waals surface area (Å²) in [5, 5.41) is 11.6. The highest BCUT2D eigenvalue weighted by molar-refractivity contribution is 6.36. The standard InChI is InChI=1S/C26H31FN4O4/c27-18-3-6-22-21(16-18)24(26(33)29-22)25-20-5-4-19(28-23(20)17-35-25)2-1-7-30-8-10-31(11-9-30)12-14-34-15-13-32/h3-6,16,32H,1-2,7-15,17H2,(H,29,33). The maximum Gasteiger partial charge on any atom is 0.260 e. The van der Waals surface area contributed by atoms with Gasteiger partial charge in [0.05, 0.1) is 31.1 Å². The number of pyridine rings is 1. The van der Waals surface area contributed by atoms with E-state index in [1.165, 1.54) is 12.1 Å². The molecule has 0 radical (unpaired) electrons. The van der Waals surface area contributed by atoms with Gasteiger partial charge in [0.25, 0.3) is 5.91 Å². The number of aryl methyl sites for hydroxylation is 1. The molecule has 35 heavy (non-hydrogen) atoms. The minimum atomic E-state index is -0.390. The summed E-state index contributed by atoms with van der Waals surface area (Å²) in [7, 11) is 0. The Morgan fingerprint density at radius 1 is 1.06 bits per heavy atom. The van der Waals surface area contributed by atoms with Crippen molar-refractivity contribution in [3.8, 4) is 0 Å². The molecule has 3 aliphatic rings. The first-order valence-corrected chi connectivity index (χ1v) is 12.2. The fourth-order valence-electron chi connectivity index (χ4n) is 4.87. The molecule has 0 saturated carbocycles. The molecule has 4 heterocycles. The first-order valence-electron chi connectivity index (χ1n) is 12.2. The molecule has 3 aliphatic heterocycles. The smallest absolute Gasteiger partial charge is 0.260 e. The predicted molar refractivity (Wildman–Crippen MR) is 130 cm³/mol. The summed E-state index contributed by atoms with van der Waals surface area (Å²) in [5.74, 6) is -0.200. The van der Waals surface area contributed by atoms with Gasteiger partial charge in [-0.3, -0.25) is 14.7 Å². The molecule has 1 saturated heterocycles. The van der Waals surface area contributed by atoms with Gasteiger partial charge in [-0.2, -0.15) is 0 Å². The summed E-state index contributed by atoms with van der Waals surface area (Å²) >= 11 is 0. The third-order valence-corrected chi connectivity index (χ3v) is 6.74. The number of amides is 1. The minimum absolute atomic E-state index is 0.0751. The molecule has 1 amide bonds. The quantitative estimate of drug-likeness (QED) is 0.418. The van der Waals surface area contributed by atoms with Crippen LogP contribution in [0.5, 0.6) is 0 Å². The molecule has 5 rings (SSSR count). The molecule has 9 heteroatoms. The maximum absolute atomic E-state index is 13.8. The summed E-state index contributed by atoms with van der Waals surface area (Å²) in [5.41, 5.74) is 4.12. The molecule has 2 N–H and O–H groups in total. The Morgan fingerprint density at radius 2 is 1.86 bits per heavy atom. The average molecular weight is 483 g/mol. The second-order valence-corrected chi connectivity index (χ2v) is 9.06. The number of ether oxygens (including phenoxy) is 2. The van der Waals surface area contributed by atoms with Crippen molar-refractivity contribution in [3.05, 3.63) is 58.7 Å². The predicted octanol–water partition coefficient (Wildman–Crippen LogP) is 2.13. The Hall–Kier alpha value is -2.85. The number of aliphatic hydroxyl groups excluding tert-OH is 1. The molecule has 1 aromatic heterocycles. The molecule has 2 aromatic rings. The van der Waals surface area contributed by atoms with Crippen molar-refractivity contribution in [1.29, 1.82) is 0 Å². The van der Waals surface area contributed by atoms with E-state index in [2.05, 4.69) is 15.1 Å². The lowest BCUT2D eigenvalue weighted by Crippen LogP contribution is -2.47. The van der Waals surface area contributed by atoms with Crippen molar-refractivity contribution in [2.75, 3.05) is 64.4 Å². The van der Waals surface area contributed by atoms with E-state index in [-0.39, 0.29) is 12.5 Å². The highest BCUT2D eigenvalue weighted by Gasteiger charge is 2.33. The summed E-state index contributed by atoms with van der Waals surface area (Å²) in [6, 6.07) is 8.23. The Kier molecular flexibility index (Phi) is 7.38. The van der Waals surface area contributed by atoms with E-state index in [1.807, 2.05) is 12.1 Å². The van der Waals surface area contributed by atoms with E-state index in [4.69, 9.17) is 19.6 Å². The Balaban J connectivity index is 1.15. The van der Waals surface area contributed by atoms with E-state index < -0.39 is 5.82 Å². The van der Waals surface area contributed by atoms with Crippen LogP contribution >= 0.6 is 0 Å². The lowest BCUT2D eigenvalue weighted by molar-refractivity contribution is -0.110. The topological polar surface area (TPSA) is 87.2 Å². The van der Waals surface area contributed by atoms with E-state index in [1.54, 1.807) is 6.07 Å². The lowest BCUT2D eigenvalue weighted by atomic mass is 10.0. The van der Waals surface area contributed by atoms with Gasteiger partial charge in [-0.05, 0) is 49.7 Å². The molecule has 8 nitrogen and oxygen atoms in total. The molecule has 0 unspecified atom stereocenters. The fraction of sp³-hybridized carbons (Fsp3) is 0.462. The normalized spacial score (nSPS) is 20.0. The number of nitrogens with zero attached hydrogens (tertiary/aromatic N) is 3. The van der Waals surface area contributed by atoms with Gasteiger partial charge >= 0.3 is 0 Å². The van der Waals surface area contributed by atoms with Gasteiger partial charge < -0.3 is 24.8 Å². The third-order valence-electron chi connectivity index (χ3n) is 6.74. The van der Waals surface area contributed by atoms with Crippen molar-refractivity contribution >= 4 is 22.9 Å². The number of anilines is 1. The van der Waals surface area contributed by atoms with Crippen LogP contribution < -0.4 is 5.32 Å². The van der Waals surface area contributed by atoms with Gasteiger partial charge in [0.2, 0.25) is 0 Å². The number of carbonyl (C=O) groups is 1. The van der Waals surface area contributed by atoms with Crippen LogP contribution in [-0.2, 0) is 27.3 Å². The number of nitrogens with one attached hydrogen (secondary N) is 1. The second kappa shape index (κ2) is 10.8. The summed E-state index contributed by atoms with van der Waals surface area (Å²) in [6.07, 6.45) is 1.90. The van der Waals surface area contributed by atoms with Crippen LogP contribution in [0.25, 0.3) is 11.3 Å². The van der Waals surface area contributed by atoms with Crippen molar-refractivity contribution < 1.29 is 23.8 Å². The SMILES string of the molecule is O=C1Nc2ccc(F)cc2C1=C1OCc2nc(CCCN3CCN(CCOCCO)CC3)ccc21. The van der Waals surface area contributed by atoms with E-state index >= 15 is 0 Å². The maximum atomic E-state index is 13.8. The van der Waals surface area contributed by atoms with Crippen LogP contribution in [0, 0.1) is 5.82 Å². The number of hydrogen-bond donors (Lipinski definition) is 2. The second-order valence-electron chi connectivity index (χ2n) is 9.06. The Labute approximate surface area is 204 Å². The van der Waals surface area contributed by atoms with Gasteiger partial charge in [-0.1, -0.05) is 0 Å². The van der Waals surface area contributed by atoms with Crippen LogP contribution in [0.1, 0.15) is 28.9 Å². The zero-order valence-electron chi connectivity index (χ0n) is 19.8. The van der Waals surface area contributed by atoms with Crippen LogP contribution in [0.2, 0.25) is 0 Å². The van der Waals surface area contributed by atoms with Crippen molar-refractivity contribution in [3.63, 3.8) is 0 Å². The summed E-state index contributed by atoms with van der Waals surface area (Å²) in [6.45, 7) is 7.57. The number of piperazine rings is 1. The van der Waals surface area contributed by atoms with Crippen LogP contribution in [0.4, 0.5) is 10.1 Å². The highest BCUT2D eigenvalue weighted by Crippen LogP contribution is 2.41. The van der Waals surface area contributed by atoms with Gasteiger partial charge in [0.1, 0.15) is 18.2 Å². The molecule has 186 valence electrons. The van der Waals surface area contributed by atoms with Gasteiger partial charge in [-0.25, -0.2) is 4.39 Å². The first-order chi connectivity index (χ1) is 17.1. The number of fused-ring (bicyclic) bond motifs is 2. The molecule has 0 bridgehead atoms. The Bertz CT molecular complexity index is 1110. The number of benzene rings is 1. The van der Waals surface area contributed by atoms with Gasteiger partial charge in [-0.15, -0.1) is 0 Å². The molecule has 0 atom stereocenters. The molecule has 0 spiro atoms. The van der Waals surface area contributed by atoms with E-state index in [0.717, 1.165) is 69.1 Å². The third kappa shape index (κ3) is 5.38. The Morgan fingerprint density at radius 3 is 2.66 bits per heavy atom. The number of hydrogen-bond acceptors (Lipinski definition) is 7. The average Bonchev–Trinajstić information content (AvgIpc) is 3.41. The fourth-order valence-corrected chi connectivity index (χ4v) is 4.87.